The standard InChI is InChI=1S/C9H19N3O2/c1-7(2)6-12(14)5-4-8(10)11(3)9(12)13/h7-8H,4-6,10H2,1-3H3. The molecule has 0 aromatic heterocycles. The van der Waals surface area contributed by atoms with Gasteiger partial charge >= 0.3 is 6.03 Å². The Labute approximate surface area is 84.6 Å². The van der Waals surface area contributed by atoms with Gasteiger partial charge in [-0.1, -0.05) is 13.8 Å². The highest BCUT2D eigenvalue weighted by Gasteiger charge is 2.38. The summed E-state index contributed by atoms with van der Waals surface area (Å²) in [5.41, 5.74) is 5.68. The van der Waals surface area contributed by atoms with E-state index >= 15 is 0 Å². The van der Waals surface area contributed by atoms with Crippen molar-refractivity contribution < 1.29 is 9.44 Å². The fraction of sp³-hybridized carbons (Fsp3) is 0.889. The maximum atomic E-state index is 12.1. The second kappa shape index (κ2) is 3.84. The molecule has 1 heterocycles. The molecule has 2 unspecified atom stereocenters. The topological polar surface area (TPSA) is 69.4 Å². The molecule has 1 saturated heterocycles. The highest BCUT2D eigenvalue weighted by molar-refractivity contribution is 5.68. The quantitative estimate of drug-likeness (QED) is 0.528. The lowest BCUT2D eigenvalue weighted by atomic mass is 10.1. The number of hydrogen-bond acceptors (Lipinski definition) is 3. The van der Waals surface area contributed by atoms with Crippen molar-refractivity contribution in [3.05, 3.63) is 5.21 Å². The molecule has 1 aliphatic heterocycles. The number of quaternary nitrogens is 1. The average molecular weight is 201 g/mol. The van der Waals surface area contributed by atoms with E-state index in [1.165, 1.54) is 4.90 Å². The summed E-state index contributed by atoms with van der Waals surface area (Å²) in [6, 6.07) is -0.405. The van der Waals surface area contributed by atoms with Crippen molar-refractivity contribution in [2.24, 2.45) is 11.7 Å². The fourth-order valence-electron chi connectivity index (χ4n) is 1.82. The van der Waals surface area contributed by atoms with Crippen LogP contribution in [0.5, 0.6) is 0 Å². The Kier molecular flexibility index (Phi) is 3.14. The van der Waals surface area contributed by atoms with Crippen molar-refractivity contribution in [1.82, 2.24) is 4.90 Å². The highest BCUT2D eigenvalue weighted by Crippen LogP contribution is 2.20. The van der Waals surface area contributed by atoms with Gasteiger partial charge in [0.15, 0.2) is 0 Å². The number of nitrogens with two attached hydrogens (primary N) is 1. The van der Waals surface area contributed by atoms with Gasteiger partial charge in [0.05, 0.1) is 19.3 Å². The lowest BCUT2D eigenvalue weighted by Crippen LogP contribution is -2.64. The summed E-state index contributed by atoms with van der Waals surface area (Å²) >= 11 is 0. The second-order valence-corrected chi connectivity index (χ2v) is 4.44. The van der Waals surface area contributed by atoms with Crippen LogP contribution in [-0.2, 0) is 0 Å². The van der Waals surface area contributed by atoms with E-state index in [9.17, 15) is 10.0 Å². The maximum absolute atomic E-state index is 12.1. The minimum atomic E-state index is -0.748. The number of nitrogens with zero attached hydrogens (tertiary/aromatic N) is 2. The first-order valence-electron chi connectivity index (χ1n) is 4.98. The van der Waals surface area contributed by atoms with Crippen molar-refractivity contribution >= 4 is 6.03 Å². The van der Waals surface area contributed by atoms with Gasteiger partial charge in [0, 0.05) is 19.4 Å². The monoisotopic (exact) mass is 201 g/mol. The molecule has 1 aliphatic rings. The molecular weight excluding hydrogens is 182 g/mol. The predicted octanol–water partition coefficient (Wildman–Crippen LogP) is 0.697. The van der Waals surface area contributed by atoms with Crippen LogP contribution in [0.4, 0.5) is 4.79 Å². The normalized spacial score (nSPS) is 34.0. The zero-order valence-corrected chi connectivity index (χ0v) is 9.06. The summed E-state index contributed by atoms with van der Waals surface area (Å²) in [4.78, 5) is 13.1. The van der Waals surface area contributed by atoms with Crippen LogP contribution in [-0.4, -0.2) is 41.9 Å². The van der Waals surface area contributed by atoms with Crippen LogP contribution in [0, 0.1) is 11.1 Å². The molecule has 82 valence electrons. The Bertz CT molecular complexity index is 232. The van der Waals surface area contributed by atoms with E-state index < -0.39 is 10.7 Å². The molecule has 1 rings (SSSR count). The van der Waals surface area contributed by atoms with Crippen molar-refractivity contribution in [1.29, 1.82) is 0 Å². The molecule has 5 nitrogen and oxygen atoms in total. The smallest absolute Gasteiger partial charge is 0.420 e. The predicted molar refractivity (Wildman–Crippen MR) is 54.0 cm³/mol. The molecule has 0 radical (unpaired) electrons. The van der Waals surface area contributed by atoms with Crippen LogP contribution in [0.25, 0.3) is 0 Å². The van der Waals surface area contributed by atoms with Gasteiger partial charge in [-0.15, -0.1) is 0 Å². The third-order valence-electron chi connectivity index (χ3n) is 2.59. The minimum Gasteiger partial charge on any atom is -0.624 e. The fourth-order valence-corrected chi connectivity index (χ4v) is 1.82. The van der Waals surface area contributed by atoms with Gasteiger partial charge in [0.25, 0.3) is 0 Å². The minimum absolute atomic E-state index is 0.221. The number of amides is 2. The van der Waals surface area contributed by atoms with E-state index in [4.69, 9.17) is 5.73 Å². The first-order chi connectivity index (χ1) is 6.37. The molecule has 0 aliphatic carbocycles. The van der Waals surface area contributed by atoms with Gasteiger partial charge in [-0.05, 0) is 0 Å². The average Bonchev–Trinajstić information content (AvgIpc) is 2.08. The van der Waals surface area contributed by atoms with E-state index in [0.29, 0.717) is 19.5 Å². The molecule has 0 aromatic carbocycles. The zero-order valence-electron chi connectivity index (χ0n) is 9.06. The van der Waals surface area contributed by atoms with Gasteiger partial charge < -0.3 is 10.9 Å². The highest BCUT2D eigenvalue weighted by atomic mass is 16.6. The van der Waals surface area contributed by atoms with Crippen LogP contribution >= 0.6 is 0 Å². The molecule has 2 atom stereocenters. The molecule has 0 aromatic rings. The second-order valence-electron chi connectivity index (χ2n) is 4.44. The Morgan fingerprint density at radius 3 is 2.79 bits per heavy atom. The van der Waals surface area contributed by atoms with E-state index in [0.717, 1.165) is 0 Å². The third kappa shape index (κ3) is 2.05. The van der Waals surface area contributed by atoms with Crippen molar-refractivity contribution in [2.75, 3.05) is 20.1 Å². The summed E-state index contributed by atoms with van der Waals surface area (Å²) in [5.74, 6) is 0.221. The summed E-state index contributed by atoms with van der Waals surface area (Å²) < 4.78 is -0.748. The zero-order chi connectivity index (χ0) is 10.9. The third-order valence-corrected chi connectivity index (χ3v) is 2.59. The van der Waals surface area contributed by atoms with Gasteiger partial charge in [-0.25, -0.2) is 4.79 Å². The number of rotatable bonds is 2. The van der Waals surface area contributed by atoms with Crippen LogP contribution in [0.1, 0.15) is 20.3 Å². The molecule has 5 heteroatoms. The molecule has 0 bridgehead atoms. The van der Waals surface area contributed by atoms with E-state index in [-0.39, 0.29) is 12.1 Å². The molecule has 2 N–H and O–H groups in total. The number of hydrogen-bond donors (Lipinski definition) is 1. The summed E-state index contributed by atoms with van der Waals surface area (Å²) in [6.45, 7) is 4.54. The number of carbonyl (C=O) groups is 1. The van der Waals surface area contributed by atoms with Gasteiger partial charge in [0.1, 0.15) is 0 Å². The SMILES string of the molecule is CC(C)C[N+]1([O-])CCC(N)N(C)C1=O. The Morgan fingerprint density at radius 2 is 2.29 bits per heavy atom. The van der Waals surface area contributed by atoms with Crippen LogP contribution in [0.15, 0.2) is 0 Å². The summed E-state index contributed by atoms with van der Waals surface area (Å²) in [6.07, 6.45) is 0.285. The molecule has 1 fully saturated rings. The Balaban J connectivity index is 2.75. The first kappa shape index (κ1) is 11.4. The van der Waals surface area contributed by atoms with Crippen LogP contribution in [0.2, 0.25) is 0 Å². The van der Waals surface area contributed by atoms with Gasteiger partial charge in [-0.2, -0.15) is 0 Å². The van der Waals surface area contributed by atoms with Crippen LogP contribution in [0.3, 0.4) is 0 Å². The van der Waals surface area contributed by atoms with Crippen molar-refractivity contribution in [2.45, 2.75) is 26.4 Å². The molecule has 2 amide bonds. The number of carbonyl (C=O) groups excluding carboxylic acids is 1. The summed E-state index contributed by atoms with van der Waals surface area (Å²) in [7, 11) is 1.59. The van der Waals surface area contributed by atoms with Crippen molar-refractivity contribution in [3.63, 3.8) is 0 Å². The first-order valence-corrected chi connectivity index (χ1v) is 4.98. The van der Waals surface area contributed by atoms with E-state index in [1.807, 2.05) is 13.8 Å². The lowest BCUT2D eigenvalue weighted by Gasteiger charge is -2.47. The van der Waals surface area contributed by atoms with Crippen LogP contribution < -0.4 is 5.73 Å². The van der Waals surface area contributed by atoms with E-state index in [2.05, 4.69) is 0 Å². The van der Waals surface area contributed by atoms with Gasteiger partial charge in [-0.3, -0.25) is 9.55 Å². The molecule has 0 saturated carbocycles. The molecule has 14 heavy (non-hydrogen) atoms. The number of urea groups is 1. The largest absolute Gasteiger partial charge is 0.624 e. The number of hydroxylamine groups is 3. The Hall–Kier alpha value is -0.650. The van der Waals surface area contributed by atoms with Crippen molar-refractivity contribution in [3.8, 4) is 0 Å². The maximum Gasteiger partial charge on any atom is 0.420 e. The molecule has 0 spiro atoms. The molecular formula is C9H19N3O2. The Morgan fingerprint density at radius 1 is 1.71 bits per heavy atom. The summed E-state index contributed by atoms with van der Waals surface area (Å²) in [5, 5.41) is 12.1. The lowest BCUT2D eigenvalue weighted by molar-refractivity contribution is -0.812. The van der Waals surface area contributed by atoms with Gasteiger partial charge in [0.2, 0.25) is 0 Å². The van der Waals surface area contributed by atoms with E-state index in [1.54, 1.807) is 7.05 Å².